The minimum absolute atomic E-state index is 0.0687. The van der Waals surface area contributed by atoms with Crippen molar-refractivity contribution in [2.75, 3.05) is 26.3 Å². The van der Waals surface area contributed by atoms with E-state index in [9.17, 15) is 4.79 Å². The fraction of sp³-hybridized carbons (Fsp3) is 0.933. The number of amides is 2. The maximum Gasteiger partial charge on any atom is 0.317 e. The second kappa shape index (κ2) is 5.31. The largest absolute Gasteiger partial charge is 0.379 e. The van der Waals surface area contributed by atoms with Crippen LogP contribution < -0.4 is 5.32 Å². The molecule has 1 heterocycles. The lowest BCUT2D eigenvalue weighted by Crippen LogP contribution is -2.52. The molecule has 1 spiro atoms. The van der Waals surface area contributed by atoms with E-state index in [1.165, 1.54) is 19.3 Å². The summed E-state index contributed by atoms with van der Waals surface area (Å²) in [5, 5.41) is 3.13. The predicted octanol–water partition coefficient (Wildman–Crippen LogP) is 2.63. The van der Waals surface area contributed by atoms with Crippen LogP contribution in [0.1, 0.15) is 47.0 Å². The Kier molecular flexibility index (Phi) is 4.09. The molecule has 1 N–H and O–H groups in total. The molecule has 0 bridgehead atoms. The zero-order valence-electron chi connectivity index (χ0n) is 12.8. The quantitative estimate of drug-likeness (QED) is 0.794. The van der Waals surface area contributed by atoms with Gasteiger partial charge in [-0.3, -0.25) is 0 Å². The van der Waals surface area contributed by atoms with Crippen LogP contribution in [0.2, 0.25) is 0 Å². The second-order valence-corrected chi connectivity index (χ2v) is 7.36. The Bertz CT molecular complexity index is 332. The van der Waals surface area contributed by atoms with E-state index in [1.54, 1.807) is 0 Å². The molecule has 1 aliphatic heterocycles. The Morgan fingerprint density at radius 2 is 2.05 bits per heavy atom. The topological polar surface area (TPSA) is 41.6 Å². The molecule has 110 valence electrons. The van der Waals surface area contributed by atoms with Crippen molar-refractivity contribution in [1.29, 1.82) is 0 Å². The van der Waals surface area contributed by atoms with Crippen molar-refractivity contribution in [1.82, 2.24) is 10.2 Å². The minimum atomic E-state index is 0.0687. The molecule has 4 heteroatoms. The Morgan fingerprint density at radius 3 is 2.58 bits per heavy atom. The van der Waals surface area contributed by atoms with Gasteiger partial charge in [0, 0.05) is 24.5 Å². The van der Waals surface area contributed by atoms with Gasteiger partial charge in [-0.2, -0.15) is 0 Å². The van der Waals surface area contributed by atoms with Crippen LogP contribution in [0.25, 0.3) is 0 Å². The fourth-order valence-corrected chi connectivity index (χ4v) is 2.64. The van der Waals surface area contributed by atoms with Crippen molar-refractivity contribution in [3.05, 3.63) is 0 Å². The highest BCUT2D eigenvalue weighted by molar-refractivity contribution is 5.74. The van der Waals surface area contributed by atoms with Crippen molar-refractivity contribution in [2.45, 2.75) is 53.0 Å². The van der Waals surface area contributed by atoms with E-state index in [0.29, 0.717) is 13.2 Å². The molecule has 1 aliphatic carbocycles. The molecule has 2 rings (SSSR count). The van der Waals surface area contributed by atoms with Crippen molar-refractivity contribution >= 4 is 6.03 Å². The number of nitrogens with zero attached hydrogens (tertiary/aromatic N) is 1. The van der Waals surface area contributed by atoms with Gasteiger partial charge in [0.25, 0.3) is 0 Å². The van der Waals surface area contributed by atoms with Crippen molar-refractivity contribution in [3.8, 4) is 0 Å². The predicted molar refractivity (Wildman–Crippen MR) is 76.1 cm³/mol. The van der Waals surface area contributed by atoms with E-state index in [2.05, 4.69) is 33.0 Å². The van der Waals surface area contributed by atoms with E-state index in [-0.39, 0.29) is 22.9 Å². The van der Waals surface area contributed by atoms with Gasteiger partial charge in [-0.05, 0) is 25.2 Å². The molecule has 0 aromatic heterocycles. The molecule has 1 saturated heterocycles. The molecule has 0 unspecified atom stereocenters. The van der Waals surface area contributed by atoms with Crippen molar-refractivity contribution < 1.29 is 9.53 Å². The molecule has 19 heavy (non-hydrogen) atoms. The van der Waals surface area contributed by atoms with E-state index in [4.69, 9.17) is 4.74 Å². The van der Waals surface area contributed by atoms with Gasteiger partial charge in [-0.1, -0.05) is 27.2 Å². The van der Waals surface area contributed by atoms with Crippen LogP contribution in [0.5, 0.6) is 0 Å². The number of ether oxygens (including phenoxy) is 1. The average molecular weight is 268 g/mol. The third kappa shape index (κ3) is 3.41. The third-order valence-electron chi connectivity index (χ3n) is 4.78. The highest BCUT2D eigenvalue weighted by atomic mass is 16.5. The molecule has 4 nitrogen and oxygen atoms in total. The first-order valence-corrected chi connectivity index (χ1v) is 7.46. The van der Waals surface area contributed by atoms with Crippen LogP contribution in [0.3, 0.4) is 0 Å². The molecular formula is C15H28N2O2. The van der Waals surface area contributed by atoms with E-state index in [1.807, 2.05) is 4.90 Å². The molecule has 1 atom stereocenters. The Morgan fingerprint density at radius 1 is 1.37 bits per heavy atom. The van der Waals surface area contributed by atoms with Crippen LogP contribution in [0, 0.1) is 10.8 Å². The summed E-state index contributed by atoms with van der Waals surface area (Å²) in [6, 6.07) is 0.237. The van der Waals surface area contributed by atoms with Crippen LogP contribution in [0.15, 0.2) is 0 Å². The summed E-state index contributed by atoms with van der Waals surface area (Å²) < 4.78 is 5.68. The van der Waals surface area contributed by atoms with Crippen LogP contribution in [-0.4, -0.2) is 43.3 Å². The summed E-state index contributed by atoms with van der Waals surface area (Å²) in [7, 11) is 0. The normalized spacial score (nSPS) is 24.5. The summed E-state index contributed by atoms with van der Waals surface area (Å²) in [5.74, 6) is 0. The maximum atomic E-state index is 12.4. The SMILES string of the molecule is C[C@H](NC(=O)N1CCOCC2(CCC2)C1)C(C)(C)C. The van der Waals surface area contributed by atoms with Crippen LogP contribution >= 0.6 is 0 Å². The van der Waals surface area contributed by atoms with E-state index in [0.717, 1.165) is 13.2 Å². The monoisotopic (exact) mass is 268 g/mol. The van der Waals surface area contributed by atoms with Crippen LogP contribution in [-0.2, 0) is 4.74 Å². The van der Waals surface area contributed by atoms with Gasteiger partial charge < -0.3 is 15.0 Å². The number of nitrogens with one attached hydrogen (secondary N) is 1. The molecule has 0 aromatic carbocycles. The first-order chi connectivity index (χ1) is 8.82. The molecular weight excluding hydrogens is 240 g/mol. The minimum Gasteiger partial charge on any atom is -0.379 e. The number of rotatable bonds is 1. The average Bonchev–Trinajstić information content (AvgIpc) is 2.49. The van der Waals surface area contributed by atoms with Gasteiger partial charge in [0.05, 0.1) is 13.2 Å². The summed E-state index contributed by atoms with van der Waals surface area (Å²) in [6.45, 7) is 11.6. The van der Waals surface area contributed by atoms with Gasteiger partial charge >= 0.3 is 6.03 Å². The van der Waals surface area contributed by atoms with Gasteiger partial charge in [-0.25, -0.2) is 4.79 Å². The van der Waals surface area contributed by atoms with Gasteiger partial charge in [0.15, 0.2) is 0 Å². The fourth-order valence-electron chi connectivity index (χ4n) is 2.64. The summed E-state index contributed by atoms with van der Waals surface area (Å²) >= 11 is 0. The first kappa shape index (κ1) is 14.6. The molecule has 2 fully saturated rings. The Labute approximate surface area is 116 Å². The smallest absolute Gasteiger partial charge is 0.317 e. The highest BCUT2D eigenvalue weighted by Crippen LogP contribution is 2.42. The summed E-state index contributed by atoms with van der Waals surface area (Å²) in [6.07, 6.45) is 3.68. The molecule has 2 aliphatic rings. The third-order valence-corrected chi connectivity index (χ3v) is 4.78. The number of hydrogen-bond donors (Lipinski definition) is 1. The zero-order chi connectivity index (χ0) is 14.1. The lowest BCUT2D eigenvalue weighted by atomic mass is 9.69. The second-order valence-electron chi connectivity index (χ2n) is 7.36. The highest BCUT2D eigenvalue weighted by Gasteiger charge is 2.41. The standard InChI is InChI=1S/C15H28N2O2/c1-12(14(2,3)4)16-13(18)17-8-9-19-11-15(10-17)6-5-7-15/h12H,5-11H2,1-4H3,(H,16,18)/t12-/m0/s1. The first-order valence-electron chi connectivity index (χ1n) is 7.46. The number of carbonyl (C=O) groups is 1. The molecule has 0 aromatic rings. The van der Waals surface area contributed by atoms with Crippen LogP contribution in [0.4, 0.5) is 4.79 Å². The lowest BCUT2D eigenvalue weighted by Gasteiger charge is -2.43. The van der Waals surface area contributed by atoms with Gasteiger partial charge in [-0.15, -0.1) is 0 Å². The number of hydrogen-bond acceptors (Lipinski definition) is 2. The number of carbonyl (C=O) groups excluding carboxylic acids is 1. The van der Waals surface area contributed by atoms with Gasteiger partial charge in [0.2, 0.25) is 0 Å². The molecule has 0 radical (unpaired) electrons. The Hall–Kier alpha value is -0.770. The molecule has 2 amide bonds. The molecule has 1 saturated carbocycles. The maximum absolute atomic E-state index is 12.4. The van der Waals surface area contributed by atoms with E-state index >= 15 is 0 Å². The van der Waals surface area contributed by atoms with Crippen molar-refractivity contribution in [3.63, 3.8) is 0 Å². The summed E-state index contributed by atoms with van der Waals surface area (Å²) in [4.78, 5) is 14.3. The Balaban J connectivity index is 1.94. The zero-order valence-corrected chi connectivity index (χ0v) is 12.8. The van der Waals surface area contributed by atoms with Gasteiger partial charge in [0.1, 0.15) is 0 Å². The van der Waals surface area contributed by atoms with E-state index < -0.39 is 0 Å². The van der Waals surface area contributed by atoms with Crippen molar-refractivity contribution in [2.24, 2.45) is 10.8 Å². The lowest BCUT2D eigenvalue weighted by molar-refractivity contribution is 0.0125. The summed E-state index contributed by atoms with van der Waals surface area (Å²) in [5.41, 5.74) is 0.338. The number of urea groups is 1.